The Morgan fingerprint density at radius 1 is 1.16 bits per heavy atom. The summed E-state index contributed by atoms with van der Waals surface area (Å²) in [5.74, 6) is -0.578. The van der Waals surface area contributed by atoms with Crippen molar-refractivity contribution < 1.29 is 22.8 Å². The fraction of sp³-hybridized carbons (Fsp3) is 0.444. The maximum absolute atomic E-state index is 13.1. The molecular formula is C18H19F3N2O2. The van der Waals surface area contributed by atoms with Gasteiger partial charge in [-0.1, -0.05) is 12.6 Å². The van der Waals surface area contributed by atoms with Crippen molar-refractivity contribution in [1.29, 1.82) is 0 Å². The Balaban J connectivity index is 1.75. The Morgan fingerprint density at radius 2 is 1.84 bits per heavy atom. The van der Waals surface area contributed by atoms with Crippen LogP contribution in [-0.2, 0) is 22.2 Å². The lowest BCUT2D eigenvalue weighted by molar-refractivity contribution is -0.138. The number of halogens is 3. The molecule has 0 radical (unpaired) electrons. The lowest BCUT2D eigenvalue weighted by atomic mass is 9.95. The van der Waals surface area contributed by atoms with Crippen LogP contribution in [0.2, 0.25) is 0 Å². The Bertz CT molecular complexity index is 707. The molecule has 0 spiro atoms. The number of hydrogen-bond acceptors (Lipinski definition) is 2. The number of carbonyl (C=O) groups is 2. The summed E-state index contributed by atoms with van der Waals surface area (Å²) in [5.41, 5.74) is -0.0984. The molecule has 1 fully saturated rings. The minimum Gasteiger partial charge on any atom is -0.339 e. The first-order valence-corrected chi connectivity index (χ1v) is 8.24. The molecule has 4 nitrogen and oxygen atoms in total. The van der Waals surface area contributed by atoms with E-state index >= 15 is 0 Å². The fourth-order valence-corrected chi connectivity index (χ4v) is 3.63. The third-order valence-corrected chi connectivity index (χ3v) is 4.93. The second-order valence-electron chi connectivity index (χ2n) is 6.34. The zero-order valence-electron chi connectivity index (χ0n) is 13.7. The molecule has 1 aromatic rings. The van der Waals surface area contributed by atoms with E-state index in [1.54, 1.807) is 11.0 Å². The zero-order valence-corrected chi connectivity index (χ0v) is 13.7. The summed E-state index contributed by atoms with van der Waals surface area (Å²) in [6, 6.07) is 3.98. The fourth-order valence-electron chi connectivity index (χ4n) is 3.63. The molecule has 7 heteroatoms. The molecule has 2 amide bonds. The van der Waals surface area contributed by atoms with Crippen LogP contribution < -0.4 is 4.90 Å². The van der Waals surface area contributed by atoms with Gasteiger partial charge in [-0.25, -0.2) is 0 Å². The van der Waals surface area contributed by atoms with Crippen LogP contribution in [0, 0.1) is 5.92 Å². The molecule has 134 valence electrons. The molecule has 0 unspecified atom stereocenters. The van der Waals surface area contributed by atoms with E-state index < -0.39 is 11.7 Å². The van der Waals surface area contributed by atoms with Crippen LogP contribution in [0.15, 0.2) is 30.9 Å². The molecule has 0 saturated carbocycles. The van der Waals surface area contributed by atoms with Crippen LogP contribution >= 0.6 is 0 Å². The number of benzene rings is 1. The molecule has 1 aromatic carbocycles. The second-order valence-corrected chi connectivity index (χ2v) is 6.34. The van der Waals surface area contributed by atoms with Gasteiger partial charge >= 0.3 is 6.18 Å². The summed E-state index contributed by atoms with van der Waals surface area (Å²) in [6.07, 6.45) is -1.92. The van der Waals surface area contributed by atoms with Crippen LogP contribution in [0.25, 0.3) is 0 Å². The van der Waals surface area contributed by atoms with Gasteiger partial charge in [-0.05, 0) is 43.0 Å². The predicted molar refractivity (Wildman–Crippen MR) is 87.0 cm³/mol. The summed E-state index contributed by atoms with van der Waals surface area (Å²) >= 11 is 0. The Morgan fingerprint density at radius 3 is 2.44 bits per heavy atom. The highest BCUT2D eigenvalue weighted by molar-refractivity contribution is 5.97. The lowest BCUT2D eigenvalue weighted by Crippen LogP contribution is -2.43. The summed E-state index contributed by atoms with van der Waals surface area (Å²) < 4.78 is 39.4. The predicted octanol–water partition coefficient (Wildman–Crippen LogP) is 3.02. The molecule has 0 N–H and O–H groups in total. The van der Waals surface area contributed by atoms with E-state index in [9.17, 15) is 22.8 Å². The highest BCUT2D eigenvalue weighted by Gasteiger charge is 2.39. The van der Waals surface area contributed by atoms with Gasteiger partial charge in [0.05, 0.1) is 5.56 Å². The number of anilines is 1. The van der Waals surface area contributed by atoms with Crippen molar-refractivity contribution in [3.8, 4) is 0 Å². The van der Waals surface area contributed by atoms with Gasteiger partial charge in [0.1, 0.15) is 0 Å². The maximum atomic E-state index is 13.1. The topological polar surface area (TPSA) is 40.6 Å². The molecule has 25 heavy (non-hydrogen) atoms. The number of amides is 2. The summed E-state index contributed by atoms with van der Waals surface area (Å²) in [7, 11) is 0. The van der Waals surface area contributed by atoms with Crippen molar-refractivity contribution in [2.45, 2.75) is 25.4 Å². The molecule has 1 saturated heterocycles. The van der Waals surface area contributed by atoms with Gasteiger partial charge < -0.3 is 9.80 Å². The minimum atomic E-state index is -4.42. The summed E-state index contributed by atoms with van der Waals surface area (Å²) in [4.78, 5) is 27.5. The quantitative estimate of drug-likeness (QED) is 0.768. The molecule has 0 aromatic heterocycles. The van der Waals surface area contributed by atoms with E-state index in [0.717, 1.165) is 6.07 Å². The van der Waals surface area contributed by atoms with Gasteiger partial charge in [0, 0.05) is 31.2 Å². The molecule has 0 atom stereocenters. The molecule has 0 bridgehead atoms. The normalized spacial score (nSPS) is 18.2. The largest absolute Gasteiger partial charge is 0.416 e. The first kappa shape index (κ1) is 17.5. The molecular weight excluding hydrogens is 333 g/mol. The number of alkyl halides is 3. The highest BCUT2D eigenvalue weighted by atomic mass is 19.4. The van der Waals surface area contributed by atoms with Gasteiger partial charge in [-0.15, -0.1) is 0 Å². The van der Waals surface area contributed by atoms with Crippen molar-refractivity contribution in [3.63, 3.8) is 0 Å². The van der Waals surface area contributed by atoms with E-state index in [2.05, 4.69) is 6.58 Å². The van der Waals surface area contributed by atoms with E-state index in [0.29, 0.717) is 31.6 Å². The number of fused-ring (bicyclic) bond motifs is 1. The lowest BCUT2D eigenvalue weighted by Gasteiger charge is -2.32. The second kappa shape index (κ2) is 6.54. The van der Waals surface area contributed by atoms with Crippen molar-refractivity contribution in [2.75, 3.05) is 24.5 Å². The van der Waals surface area contributed by atoms with Gasteiger partial charge in [0.25, 0.3) is 0 Å². The van der Waals surface area contributed by atoms with Gasteiger partial charge in [-0.2, -0.15) is 13.2 Å². The number of likely N-dealkylation sites (tertiary alicyclic amines) is 1. The molecule has 3 rings (SSSR count). The molecule has 2 aliphatic heterocycles. The first-order chi connectivity index (χ1) is 11.8. The standard InChI is InChI=1S/C18H19F3N2O2/c1-2-16(24)22-9-6-12(7-10-22)17(25)23-11-8-13-14(18(19,20)21)4-3-5-15(13)23/h2-5,12H,1,6-11H2. The summed E-state index contributed by atoms with van der Waals surface area (Å²) in [6.45, 7) is 4.64. The molecule has 0 aliphatic carbocycles. The average Bonchev–Trinajstić information content (AvgIpc) is 3.03. The molecule has 2 aliphatic rings. The molecule has 2 heterocycles. The van der Waals surface area contributed by atoms with E-state index in [4.69, 9.17) is 0 Å². The third-order valence-electron chi connectivity index (χ3n) is 4.93. The number of hydrogen-bond donors (Lipinski definition) is 0. The van der Waals surface area contributed by atoms with E-state index in [-0.39, 0.29) is 36.3 Å². The first-order valence-electron chi connectivity index (χ1n) is 8.24. The number of carbonyl (C=O) groups excluding carboxylic acids is 2. The van der Waals surface area contributed by atoms with Crippen molar-refractivity contribution in [2.24, 2.45) is 5.92 Å². The van der Waals surface area contributed by atoms with Crippen LogP contribution in [-0.4, -0.2) is 36.3 Å². The van der Waals surface area contributed by atoms with Gasteiger partial charge in [0.2, 0.25) is 11.8 Å². The third kappa shape index (κ3) is 3.27. The van der Waals surface area contributed by atoms with E-state index in [1.807, 2.05) is 0 Å². The van der Waals surface area contributed by atoms with Crippen molar-refractivity contribution in [1.82, 2.24) is 4.90 Å². The maximum Gasteiger partial charge on any atom is 0.416 e. The van der Waals surface area contributed by atoms with Crippen LogP contribution in [0.1, 0.15) is 24.0 Å². The Labute approximate surface area is 143 Å². The number of nitrogens with zero attached hydrogens (tertiary/aromatic N) is 2. The van der Waals surface area contributed by atoms with Crippen molar-refractivity contribution >= 4 is 17.5 Å². The van der Waals surface area contributed by atoms with Gasteiger partial charge in [-0.3, -0.25) is 9.59 Å². The Hall–Kier alpha value is -2.31. The summed E-state index contributed by atoms with van der Waals surface area (Å²) in [5, 5.41) is 0. The van der Waals surface area contributed by atoms with Gasteiger partial charge in [0.15, 0.2) is 0 Å². The SMILES string of the molecule is C=CC(=O)N1CCC(C(=O)N2CCc3c2cccc3C(F)(F)F)CC1. The Kier molecular flexibility index (Phi) is 4.58. The van der Waals surface area contributed by atoms with Crippen molar-refractivity contribution in [3.05, 3.63) is 42.0 Å². The van der Waals surface area contributed by atoms with Crippen LogP contribution in [0.4, 0.5) is 18.9 Å². The smallest absolute Gasteiger partial charge is 0.339 e. The minimum absolute atomic E-state index is 0.149. The number of rotatable bonds is 2. The average molecular weight is 352 g/mol. The highest BCUT2D eigenvalue weighted by Crippen LogP contribution is 2.40. The van der Waals surface area contributed by atoms with Crippen LogP contribution in [0.3, 0.4) is 0 Å². The zero-order chi connectivity index (χ0) is 18.2. The monoisotopic (exact) mass is 352 g/mol. The number of piperidine rings is 1. The van der Waals surface area contributed by atoms with Crippen LogP contribution in [0.5, 0.6) is 0 Å². The van der Waals surface area contributed by atoms with E-state index in [1.165, 1.54) is 17.0 Å².